The van der Waals surface area contributed by atoms with Crippen LogP contribution in [-0.4, -0.2) is 29.3 Å². The summed E-state index contributed by atoms with van der Waals surface area (Å²) in [6.07, 6.45) is 1.06. The lowest BCUT2D eigenvalue weighted by Crippen LogP contribution is -2.51. The van der Waals surface area contributed by atoms with Gasteiger partial charge in [0.25, 0.3) is 0 Å². The van der Waals surface area contributed by atoms with Crippen LogP contribution in [0.4, 0.5) is 4.39 Å². The average molecular weight is 501 g/mol. The van der Waals surface area contributed by atoms with Gasteiger partial charge in [-0.25, -0.2) is 4.39 Å². The number of carbonyl (C=O) groups excluding carboxylic acids is 2. The summed E-state index contributed by atoms with van der Waals surface area (Å²) < 4.78 is 14.6. The second-order valence-electron chi connectivity index (χ2n) is 8.03. The van der Waals surface area contributed by atoms with Crippen LogP contribution in [-0.2, 0) is 29.0 Å². The summed E-state index contributed by atoms with van der Waals surface area (Å²) in [5, 5.41) is 3.64. The third-order valence-electron chi connectivity index (χ3n) is 5.46. The van der Waals surface area contributed by atoms with E-state index in [1.807, 2.05) is 37.3 Å². The average Bonchev–Trinajstić information content (AvgIpc) is 2.83. The second kappa shape index (κ2) is 12.5. The summed E-state index contributed by atoms with van der Waals surface area (Å²) in [6, 6.07) is 19.9. The molecule has 178 valence electrons. The third kappa shape index (κ3) is 7.05. The molecule has 0 saturated carbocycles. The van der Waals surface area contributed by atoms with E-state index >= 15 is 0 Å². The molecule has 34 heavy (non-hydrogen) atoms. The Morgan fingerprint density at radius 1 is 0.941 bits per heavy atom. The number of benzene rings is 3. The van der Waals surface area contributed by atoms with E-state index in [1.165, 1.54) is 11.0 Å². The van der Waals surface area contributed by atoms with Gasteiger partial charge >= 0.3 is 0 Å². The zero-order valence-electron chi connectivity index (χ0n) is 18.9. The van der Waals surface area contributed by atoms with Crippen LogP contribution in [0.15, 0.2) is 72.8 Å². The molecule has 1 N–H and O–H groups in total. The second-order valence-corrected chi connectivity index (χ2v) is 8.85. The number of hydrogen-bond acceptors (Lipinski definition) is 2. The molecule has 3 rings (SSSR count). The van der Waals surface area contributed by atoms with Crippen LogP contribution in [0.3, 0.4) is 0 Å². The zero-order valence-corrected chi connectivity index (χ0v) is 20.5. The Kier molecular flexibility index (Phi) is 9.49. The van der Waals surface area contributed by atoms with Crippen molar-refractivity contribution in [2.75, 3.05) is 6.54 Å². The molecule has 0 aliphatic rings. The van der Waals surface area contributed by atoms with Gasteiger partial charge in [-0.1, -0.05) is 84.7 Å². The van der Waals surface area contributed by atoms with Crippen LogP contribution in [0.5, 0.6) is 0 Å². The molecule has 3 aromatic rings. The molecule has 0 spiro atoms. The number of nitrogens with zero attached hydrogens (tertiary/aromatic N) is 1. The maximum absolute atomic E-state index is 14.6. The van der Waals surface area contributed by atoms with Crippen molar-refractivity contribution >= 4 is 35.0 Å². The van der Waals surface area contributed by atoms with Crippen molar-refractivity contribution < 1.29 is 14.0 Å². The summed E-state index contributed by atoms with van der Waals surface area (Å²) in [7, 11) is 0. The Balaban J connectivity index is 1.97. The maximum atomic E-state index is 14.6. The van der Waals surface area contributed by atoms with Gasteiger partial charge in [0, 0.05) is 25.1 Å². The Hall–Kier alpha value is -2.89. The minimum absolute atomic E-state index is 0.00229. The lowest BCUT2D eigenvalue weighted by Gasteiger charge is -2.32. The van der Waals surface area contributed by atoms with Crippen LogP contribution in [0.25, 0.3) is 0 Å². The van der Waals surface area contributed by atoms with Crippen LogP contribution in [0.1, 0.15) is 30.0 Å². The van der Waals surface area contributed by atoms with Crippen LogP contribution < -0.4 is 5.32 Å². The third-order valence-corrected chi connectivity index (χ3v) is 6.20. The van der Waals surface area contributed by atoms with Crippen molar-refractivity contribution in [2.24, 2.45) is 0 Å². The largest absolute Gasteiger partial charge is 0.354 e. The molecule has 3 aromatic carbocycles. The Morgan fingerprint density at radius 2 is 1.65 bits per heavy atom. The molecule has 4 nitrogen and oxygen atoms in total. The highest BCUT2D eigenvalue weighted by atomic mass is 35.5. The van der Waals surface area contributed by atoms with E-state index in [9.17, 15) is 14.0 Å². The number of carbonyl (C=O) groups is 2. The molecule has 1 atom stereocenters. The van der Waals surface area contributed by atoms with Crippen LogP contribution in [0.2, 0.25) is 10.0 Å². The van der Waals surface area contributed by atoms with Gasteiger partial charge in [0.15, 0.2) is 0 Å². The van der Waals surface area contributed by atoms with Crippen molar-refractivity contribution in [1.29, 1.82) is 0 Å². The van der Waals surface area contributed by atoms with Gasteiger partial charge in [0.05, 0.1) is 16.5 Å². The first-order valence-electron chi connectivity index (χ1n) is 11.2. The van der Waals surface area contributed by atoms with Gasteiger partial charge in [0.2, 0.25) is 11.8 Å². The minimum Gasteiger partial charge on any atom is -0.354 e. The lowest BCUT2D eigenvalue weighted by atomic mass is 10.0. The summed E-state index contributed by atoms with van der Waals surface area (Å²) in [4.78, 5) is 28.3. The van der Waals surface area contributed by atoms with Crippen LogP contribution >= 0.6 is 23.2 Å². The standard InChI is InChI=1S/C27H27Cl2FN2O2/c1-2-14-31-27(34)25(16-19-8-4-3-5-9-19)32(18-21-10-6-7-11-24(21)30)26(33)17-20-12-13-22(28)23(29)15-20/h3-13,15,25H,2,14,16-18H2,1H3,(H,31,34)/t25-/m0/s1. The number of nitrogens with one attached hydrogen (secondary N) is 1. The first-order chi connectivity index (χ1) is 16.4. The van der Waals surface area contributed by atoms with E-state index in [-0.39, 0.29) is 24.8 Å². The highest BCUT2D eigenvalue weighted by Crippen LogP contribution is 2.24. The van der Waals surface area contributed by atoms with E-state index in [1.54, 1.807) is 36.4 Å². The van der Waals surface area contributed by atoms with E-state index in [2.05, 4.69) is 5.32 Å². The van der Waals surface area contributed by atoms with Crippen molar-refractivity contribution in [3.63, 3.8) is 0 Å². The topological polar surface area (TPSA) is 49.4 Å². The van der Waals surface area contributed by atoms with Gasteiger partial charge in [-0.15, -0.1) is 0 Å². The minimum atomic E-state index is -0.816. The summed E-state index contributed by atoms with van der Waals surface area (Å²) in [5.74, 6) is -1.01. The number of amides is 2. The smallest absolute Gasteiger partial charge is 0.243 e. The molecular formula is C27H27Cl2FN2O2. The summed E-state index contributed by atoms with van der Waals surface area (Å²) in [6.45, 7) is 2.40. The molecular weight excluding hydrogens is 474 g/mol. The molecule has 0 aromatic heterocycles. The molecule has 0 aliphatic carbocycles. The van der Waals surface area contributed by atoms with Gasteiger partial charge in [-0.05, 0) is 35.7 Å². The number of halogens is 3. The Labute approximate surface area is 209 Å². The predicted octanol–water partition coefficient (Wildman–Crippen LogP) is 5.84. The summed E-state index contributed by atoms with van der Waals surface area (Å²) in [5.41, 5.74) is 1.90. The first-order valence-corrected chi connectivity index (χ1v) is 11.9. The van der Waals surface area contributed by atoms with E-state index < -0.39 is 11.9 Å². The first kappa shape index (κ1) is 25.7. The fourth-order valence-corrected chi connectivity index (χ4v) is 3.98. The Morgan fingerprint density at radius 3 is 2.32 bits per heavy atom. The van der Waals surface area contributed by atoms with E-state index in [0.717, 1.165) is 12.0 Å². The maximum Gasteiger partial charge on any atom is 0.243 e. The highest BCUT2D eigenvalue weighted by Gasteiger charge is 2.30. The number of rotatable bonds is 10. The fraction of sp³-hybridized carbons (Fsp3) is 0.259. The van der Waals surface area contributed by atoms with Crippen LogP contribution in [0, 0.1) is 5.82 Å². The SMILES string of the molecule is CCCNC(=O)[C@H](Cc1ccccc1)N(Cc1ccccc1F)C(=O)Cc1ccc(Cl)c(Cl)c1. The molecule has 7 heteroatoms. The fourth-order valence-electron chi connectivity index (χ4n) is 3.66. The zero-order chi connectivity index (χ0) is 24.5. The quantitative estimate of drug-likeness (QED) is 0.380. The predicted molar refractivity (Wildman–Crippen MR) is 134 cm³/mol. The highest BCUT2D eigenvalue weighted by molar-refractivity contribution is 6.42. The monoisotopic (exact) mass is 500 g/mol. The number of hydrogen-bond donors (Lipinski definition) is 1. The molecule has 0 fully saturated rings. The van der Waals surface area contributed by atoms with Gasteiger partial charge in [-0.3, -0.25) is 9.59 Å². The lowest BCUT2D eigenvalue weighted by molar-refractivity contribution is -0.140. The van der Waals surface area contributed by atoms with E-state index in [4.69, 9.17) is 23.2 Å². The van der Waals surface area contributed by atoms with Crippen molar-refractivity contribution in [3.05, 3.63) is 105 Å². The van der Waals surface area contributed by atoms with E-state index in [0.29, 0.717) is 34.1 Å². The normalized spacial score (nSPS) is 11.6. The molecule has 0 unspecified atom stereocenters. The van der Waals surface area contributed by atoms with Crippen molar-refractivity contribution in [2.45, 2.75) is 38.8 Å². The molecule has 0 aliphatic heterocycles. The molecule has 0 radical (unpaired) electrons. The summed E-state index contributed by atoms with van der Waals surface area (Å²) >= 11 is 12.1. The van der Waals surface area contributed by atoms with Crippen molar-refractivity contribution in [1.82, 2.24) is 10.2 Å². The molecule has 0 bridgehead atoms. The van der Waals surface area contributed by atoms with Gasteiger partial charge < -0.3 is 10.2 Å². The molecule has 0 saturated heterocycles. The Bertz CT molecular complexity index is 1120. The van der Waals surface area contributed by atoms with Gasteiger partial charge in [-0.2, -0.15) is 0 Å². The van der Waals surface area contributed by atoms with Crippen molar-refractivity contribution in [3.8, 4) is 0 Å². The molecule has 0 heterocycles. The van der Waals surface area contributed by atoms with Gasteiger partial charge in [0.1, 0.15) is 11.9 Å². The molecule has 2 amide bonds.